The SMILES string of the molecule is CC(CN(C)C)N1c2ccccc2Sc2ccccc21.CI. The standard InChI is InChI=1S/C17H20N2S.CH3I/c1-13(12-18(2)3)19-14-8-4-6-10-16(14)20-17-11-7-5-9-15(17)19;1-2/h4-11,13H,12H2,1-3H3;1H3. The first kappa shape index (κ1) is 17.6. The Labute approximate surface area is 152 Å². The van der Waals surface area contributed by atoms with Crippen LogP contribution < -0.4 is 4.90 Å². The Morgan fingerprint density at radius 2 is 1.41 bits per heavy atom. The molecule has 0 aromatic heterocycles. The van der Waals surface area contributed by atoms with Crippen LogP contribution in [0.3, 0.4) is 0 Å². The lowest BCUT2D eigenvalue weighted by molar-refractivity contribution is 0.380. The maximum atomic E-state index is 2.47. The highest BCUT2D eigenvalue weighted by molar-refractivity contribution is 14.1. The molecule has 3 rings (SSSR count). The molecule has 22 heavy (non-hydrogen) atoms. The molecule has 1 atom stereocenters. The number of likely N-dealkylation sites (N-methyl/N-ethyl adjacent to an activating group) is 1. The fourth-order valence-electron chi connectivity index (χ4n) is 2.82. The molecule has 0 spiro atoms. The van der Waals surface area contributed by atoms with E-state index in [-0.39, 0.29) is 0 Å². The molecule has 1 aliphatic rings. The zero-order chi connectivity index (χ0) is 16.1. The maximum Gasteiger partial charge on any atom is 0.0555 e. The van der Waals surface area contributed by atoms with E-state index in [0.29, 0.717) is 6.04 Å². The summed E-state index contributed by atoms with van der Waals surface area (Å²) < 4.78 is 0. The lowest BCUT2D eigenvalue weighted by Crippen LogP contribution is -2.38. The van der Waals surface area contributed by atoms with Gasteiger partial charge in [0.1, 0.15) is 0 Å². The van der Waals surface area contributed by atoms with E-state index >= 15 is 0 Å². The van der Waals surface area contributed by atoms with Gasteiger partial charge < -0.3 is 9.80 Å². The number of rotatable bonds is 3. The van der Waals surface area contributed by atoms with Crippen LogP contribution in [0.25, 0.3) is 0 Å². The van der Waals surface area contributed by atoms with Gasteiger partial charge in [0.15, 0.2) is 0 Å². The number of benzene rings is 2. The summed E-state index contributed by atoms with van der Waals surface area (Å²) in [5.74, 6) is 0. The van der Waals surface area contributed by atoms with E-state index < -0.39 is 0 Å². The van der Waals surface area contributed by atoms with E-state index in [9.17, 15) is 0 Å². The van der Waals surface area contributed by atoms with Crippen molar-refractivity contribution in [3.05, 3.63) is 48.5 Å². The summed E-state index contributed by atoms with van der Waals surface area (Å²) in [6.07, 6.45) is 0. The second kappa shape index (κ2) is 8.22. The van der Waals surface area contributed by atoms with Crippen molar-refractivity contribution >= 4 is 45.7 Å². The molecule has 0 aliphatic carbocycles. The van der Waals surface area contributed by atoms with Crippen molar-refractivity contribution in [1.82, 2.24) is 4.90 Å². The van der Waals surface area contributed by atoms with Crippen LogP contribution in [-0.4, -0.2) is 36.5 Å². The summed E-state index contributed by atoms with van der Waals surface area (Å²) in [5.41, 5.74) is 2.65. The Morgan fingerprint density at radius 3 is 1.86 bits per heavy atom. The Balaban J connectivity index is 0.000000847. The predicted molar refractivity (Wildman–Crippen MR) is 107 cm³/mol. The number of hydrogen-bond acceptors (Lipinski definition) is 3. The first-order chi connectivity index (χ1) is 10.7. The number of hydrogen-bond donors (Lipinski definition) is 0. The molecule has 1 heterocycles. The van der Waals surface area contributed by atoms with Gasteiger partial charge in [0.2, 0.25) is 0 Å². The van der Waals surface area contributed by atoms with Crippen LogP contribution in [0.1, 0.15) is 6.92 Å². The topological polar surface area (TPSA) is 6.48 Å². The van der Waals surface area contributed by atoms with Crippen LogP contribution in [-0.2, 0) is 0 Å². The molecule has 0 fully saturated rings. The van der Waals surface area contributed by atoms with Gasteiger partial charge in [-0.25, -0.2) is 0 Å². The Bertz CT molecular complexity index is 570. The Hall–Kier alpha value is -0.720. The summed E-state index contributed by atoms with van der Waals surface area (Å²) >= 11 is 4.02. The summed E-state index contributed by atoms with van der Waals surface area (Å²) in [7, 11) is 4.26. The van der Waals surface area contributed by atoms with E-state index in [4.69, 9.17) is 0 Å². The average Bonchev–Trinajstić information content (AvgIpc) is 2.53. The molecule has 0 N–H and O–H groups in total. The number of para-hydroxylation sites is 2. The highest BCUT2D eigenvalue weighted by atomic mass is 127. The summed E-state index contributed by atoms with van der Waals surface area (Å²) in [4.78, 5) is 9.38. The van der Waals surface area contributed by atoms with Gasteiger partial charge in [-0.1, -0.05) is 58.6 Å². The molecule has 2 aromatic carbocycles. The average molecular weight is 426 g/mol. The summed E-state index contributed by atoms with van der Waals surface area (Å²) in [6, 6.07) is 17.8. The second-order valence-electron chi connectivity index (χ2n) is 5.52. The number of fused-ring (bicyclic) bond motifs is 2. The van der Waals surface area contributed by atoms with Gasteiger partial charge in [0.25, 0.3) is 0 Å². The smallest absolute Gasteiger partial charge is 0.0555 e. The lowest BCUT2D eigenvalue weighted by Gasteiger charge is -2.38. The van der Waals surface area contributed by atoms with Crippen molar-refractivity contribution in [3.8, 4) is 0 Å². The minimum Gasteiger partial charge on any atom is -0.335 e. The van der Waals surface area contributed by atoms with Gasteiger partial charge in [-0.15, -0.1) is 0 Å². The Morgan fingerprint density at radius 1 is 0.955 bits per heavy atom. The summed E-state index contributed by atoms with van der Waals surface area (Å²) in [5, 5.41) is 0. The van der Waals surface area contributed by atoms with Gasteiger partial charge in [0, 0.05) is 22.4 Å². The molecular formula is C18H23IN2S. The van der Waals surface area contributed by atoms with Crippen molar-refractivity contribution in [2.45, 2.75) is 22.8 Å². The zero-order valence-electron chi connectivity index (χ0n) is 13.6. The van der Waals surface area contributed by atoms with Crippen LogP contribution in [0.4, 0.5) is 11.4 Å². The van der Waals surface area contributed by atoms with Gasteiger partial charge in [0.05, 0.1) is 11.4 Å². The molecule has 1 unspecified atom stereocenters. The third kappa shape index (κ3) is 3.78. The fourth-order valence-corrected chi connectivity index (χ4v) is 3.89. The van der Waals surface area contributed by atoms with Gasteiger partial charge >= 0.3 is 0 Å². The highest BCUT2D eigenvalue weighted by Crippen LogP contribution is 2.48. The first-order valence-electron chi connectivity index (χ1n) is 7.34. The normalized spacial score (nSPS) is 13.8. The van der Waals surface area contributed by atoms with Crippen LogP contribution in [0, 0.1) is 0 Å². The molecule has 0 saturated carbocycles. The van der Waals surface area contributed by atoms with Crippen molar-refractivity contribution in [2.75, 3.05) is 30.5 Å². The lowest BCUT2D eigenvalue weighted by atomic mass is 10.1. The number of anilines is 2. The van der Waals surface area contributed by atoms with E-state index in [0.717, 1.165) is 6.54 Å². The molecule has 0 amide bonds. The molecule has 2 aromatic rings. The number of nitrogens with zero attached hydrogens (tertiary/aromatic N) is 2. The summed E-state index contributed by atoms with van der Waals surface area (Å²) in [6.45, 7) is 3.33. The molecule has 118 valence electrons. The minimum absolute atomic E-state index is 0.438. The van der Waals surface area contributed by atoms with Gasteiger partial charge in [-0.05, 0) is 50.2 Å². The molecule has 2 nitrogen and oxygen atoms in total. The molecule has 0 radical (unpaired) electrons. The van der Waals surface area contributed by atoms with Crippen molar-refractivity contribution < 1.29 is 0 Å². The molecule has 0 saturated heterocycles. The van der Waals surface area contributed by atoms with Crippen molar-refractivity contribution in [3.63, 3.8) is 0 Å². The monoisotopic (exact) mass is 426 g/mol. The third-order valence-corrected chi connectivity index (χ3v) is 4.67. The van der Waals surface area contributed by atoms with E-state index in [2.05, 4.69) is 102 Å². The molecule has 0 bridgehead atoms. The molecule has 4 heteroatoms. The van der Waals surface area contributed by atoms with Crippen molar-refractivity contribution in [1.29, 1.82) is 0 Å². The van der Waals surface area contributed by atoms with Crippen LogP contribution in [0.2, 0.25) is 0 Å². The second-order valence-corrected chi connectivity index (χ2v) is 6.60. The third-order valence-electron chi connectivity index (χ3n) is 3.54. The van der Waals surface area contributed by atoms with E-state index in [1.807, 2.05) is 16.7 Å². The number of halogens is 1. The van der Waals surface area contributed by atoms with Gasteiger partial charge in [-0.2, -0.15) is 0 Å². The van der Waals surface area contributed by atoms with Crippen LogP contribution >= 0.6 is 34.4 Å². The predicted octanol–water partition coefficient (Wildman–Crippen LogP) is 5.29. The van der Waals surface area contributed by atoms with E-state index in [1.165, 1.54) is 21.2 Å². The Kier molecular flexibility index (Phi) is 6.59. The maximum absolute atomic E-state index is 2.47. The minimum atomic E-state index is 0.438. The van der Waals surface area contributed by atoms with Crippen LogP contribution in [0.15, 0.2) is 58.3 Å². The number of alkyl halides is 1. The zero-order valence-corrected chi connectivity index (χ0v) is 16.6. The first-order valence-corrected chi connectivity index (χ1v) is 10.3. The largest absolute Gasteiger partial charge is 0.335 e. The van der Waals surface area contributed by atoms with Gasteiger partial charge in [-0.3, -0.25) is 0 Å². The van der Waals surface area contributed by atoms with E-state index in [1.54, 1.807) is 0 Å². The van der Waals surface area contributed by atoms with Crippen molar-refractivity contribution in [2.24, 2.45) is 0 Å². The fraction of sp³-hybridized carbons (Fsp3) is 0.333. The molecule has 1 aliphatic heterocycles. The quantitative estimate of drug-likeness (QED) is 0.487. The molecular weight excluding hydrogens is 403 g/mol. The highest BCUT2D eigenvalue weighted by Gasteiger charge is 2.26. The van der Waals surface area contributed by atoms with Crippen LogP contribution in [0.5, 0.6) is 0 Å².